The van der Waals surface area contributed by atoms with Gasteiger partial charge >= 0.3 is 0 Å². The largest absolute Gasteiger partial charge is 0.491 e. The number of aromatic nitrogens is 2. The summed E-state index contributed by atoms with van der Waals surface area (Å²) < 4.78 is 9.87. The number of para-hydroxylation sites is 2. The molecule has 5 heteroatoms. The second-order valence-corrected chi connectivity index (χ2v) is 6.06. The molecule has 3 rings (SSSR count). The van der Waals surface area contributed by atoms with Crippen LogP contribution < -0.4 is 9.30 Å². The van der Waals surface area contributed by atoms with Gasteiger partial charge in [-0.25, -0.2) is 9.13 Å². The lowest BCUT2D eigenvalue weighted by Crippen LogP contribution is -2.32. The molecule has 120 valence electrons. The van der Waals surface area contributed by atoms with Crippen molar-refractivity contribution in [3.05, 3.63) is 59.4 Å². The second kappa shape index (κ2) is 6.60. The molecule has 0 saturated heterocycles. The smallest absolute Gasteiger partial charge is 0.254 e. The van der Waals surface area contributed by atoms with Gasteiger partial charge in [-0.15, -0.1) is 0 Å². The molecule has 0 amide bonds. The van der Waals surface area contributed by atoms with E-state index in [9.17, 15) is 5.11 Å². The topological polar surface area (TPSA) is 38.3 Å². The van der Waals surface area contributed by atoms with E-state index >= 15 is 0 Å². The minimum absolute atomic E-state index is 0.233. The van der Waals surface area contributed by atoms with Crippen molar-refractivity contribution in [2.75, 3.05) is 6.61 Å². The van der Waals surface area contributed by atoms with Crippen molar-refractivity contribution in [3.8, 4) is 5.75 Å². The van der Waals surface area contributed by atoms with Crippen LogP contribution in [0.1, 0.15) is 5.82 Å². The van der Waals surface area contributed by atoms with Crippen LogP contribution in [0.4, 0.5) is 0 Å². The van der Waals surface area contributed by atoms with Gasteiger partial charge in [0, 0.05) is 11.9 Å². The highest BCUT2D eigenvalue weighted by molar-refractivity contribution is 6.30. The number of ether oxygens (including phenoxy) is 1. The Morgan fingerprint density at radius 3 is 2.61 bits per heavy atom. The zero-order valence-corrected chi connectivity index (χ0v) is 14.0. The molecule has 1 heterocycles. The molecule has 23 heavy (non-hydrogen) atoms. The number of aliphatic hydroxyl groups excluding tert-OH is 1. The minimum Gasteiger partial charge on any atom is -0.491 e. The van der Waals surface area contributed by atoms with Gasteiger partial charge in [0.2, 0.25) is 0 Å². The van der Waals surface area contributed by atoms with Crippen LogP contribution in [0.15, 0.2) is 48.5 Å². The number of aryl methyl sites for hydroxylation is 1. The van der Waals surface area contributed by atoms with Crippen molar-refractivity contribution in [2.45, 2.75) is 19.6 Å². The maximum atomic E-state index is 10.3. The lowest BCUT2D eigenvalue weighted by molar-refractivity contribution is -0.652. The van der Waals surface area contributed by atoms with Crippen molar-refractivity contribution >= 4 is 22.6 Å². The van der Waals surface area contributed by atoms with Crippen molar-refractivity contribution in [2.24, 2.45) is 7.05 Å². The van der Waals surface area contributed by atoms with E-state index in [4.69, 9.17) is 16.3 Å². The predicted octanol–water partition coefficient (Wildman–Crippen LogP) is 2.87. The highest BCUT2D eigenvalue weighted by Crippen LogP contribution is 2.17. The average Bonchev–Trinajstić information content (AvgIpc) is 2.80. The first-order valence-electron chi connectivity index (χ1n) is 7.56. The summed E-state index contributed by atoms with van der Waals surface area (Å²) in [5.41, 5.74) is 2.26. The standard InChI is InChI=1S/C18H20ClN2O2/c1-13-20(2)17-5-3-4-6-18(17)21(13)11-15(22)12-23-16-9-7-14(19)8-10-16/h3-10,15,22H,11-12H2,1-2H3/q+1/t15-/m1/s1. The summed E-state index contributed by atoms with van der Waals surface area (Å²) >= 11 is 5.85. The van der Waals surface area contributed by atoms with Gasteiger partial charge in [0.15, 0.2) is 11.0 Å². The van der Waals surface area contributed by atoms with Gasteiger partial charge < -0.3 is 9.84 Å². The Hall–Kier alpha value is -2.04. The lowest BCUT2D eigenvalue weighted by Gasteiger charge is -2.11. The van der Waals surface area contributed by atoms with Crippen molar-refractivity contribution in [1.82, 2.24) is 4.57 Å². The van der Waals surface area contributed by atoms with Crippen molar-refractivity contribution in [1.29, 1.82) is 0 Å². The summed E-state index contributed by atoms with van der Waals surface area (Å²) in [4.78, 5) is 0. The summed E-state index contributed by atoms with van der Waals surface area (Å²) in [6, 6.07) is 15.3. The third kappa shape index (κ3) is 3.33. The molecule has 1 atom stereocenters. The summed E-state index contributed by atoms with van der Waals surface area (Å²) in [6.45, 7) is 2.77. The molecule has 0 saturated carbocycles. The van der Waals surface area contributed by atoms with Crippen LogP contribution in [0.25, 0.3) is 11.0 Å². The van der Waals surface area contributed by atoms with Crippen LogP contribution in [0.5, 0.6) is 5.75 Å². The molecule has 0 aliphatic rings. The zero-order chi connectivity index (χ0) is 16.4. The Morgan fingerprint density at radius 2 is 1.87 bits per heavy atom. The molecule has 0 spiro atoms. The van der Waals surface area contributed by atoms with E-state index in [1.54, 1.807) is 24.3 Å². The molecule has 0 bridgehead atoms. The van der Waals surface area contributed by atoms with Crippen LogP contribution in [-0.4, -0.2) is 22.4 Å². The summed E-state index contributed by atoms with van der Waals surface area (Å²) in [5.74, 6) is 1.80. The van der Waals surface area contributed by atoms with Crippen LogP contribution in [0.3, 0.4) is 0 Å². The van der Waals surface area contributed by atoms with E-state index in [-0.39, 0.29) is 6.61 Å². The highest BCUT2D eigenvalue weighted by atomic mass is 35.5. The molecule has 1 aromatic heterocycles. The second-order valence-electron chi connectivity index (χ2n) is 5.62. The zero-order valence-electron chi connectivity index (χ0n) is 13.2. The van der Waals surface area contributed by atoms with E-state index < -0.39 is 6.10 Å². The molecule has 1 N–H and O–H groups in total. The normalized spacial score (nSPS) is 12.5. The fourth-order valence-corrected chi connectivity index (χ4v) is 2.85. The van der Waals surface area contributed by atoms with Gasteiger partial charge in [-0.05, 0) is 36.4 Å². The lowest BCUT2D eigenvalue weighted by atomic mass is 10.3. The van der Waals surface area contributed by atoms with Gasteiger partial charge in [-0.2, -0.15) is 0 Å². The molecule has 2 aromatic carbocycles. The van der Waals surface area contributed by atoms with Gasteiger partial charge in [0.1, 0.15) is 25.0 Å². The van der Waals surface area contributed by atoms with E-state index in [2.05, 4.69) is 21.3 Å². The van der Waals surface area contributed by atoms with E-state index in [0.29, 0.717) is 17.3 Å². The number of halogens is 1. The maximum absolute atomic E-state index is 10.3. The fourth-order valence-electron chi connectivity index (χ4n) is 2.72. The molecule has 0 unspecified atom stereocenters. The first kappa shape index (κ1) is 15.8. The van der Waals surface area contributed by atoms with Crippen molar-refractivity contribution in [3.63, 3.8) is 0 Å². The molecule has 3 aromatic rings. The Kier molecular flexibility index (Phi) is 4.55. The summed E-state index contributed by atoms with van der Waals surface area (Å²) in [7, 11) is 2.03. The molecule has 0 aliphatic heterocycles. The molecule has 0 fully saturated rings. The maximum Gasteiger partial charge on any atom is 0.254 e. The number of aliphatic hydroxyl groups is 1. The van der Waals surface area contributed by atoms with E-state index in [1.807, 2.05) is 26.1 Å². The minimum atomic E-state index is -0.597. The fraction of sp³-hybridized carbons (Fsp3) is 0.278. The predicted molar refractivity (Wildman–Crippen MR) is 90.8 cm³/mol. The van der Waals surface area contributed by atoms with Gasteiger partial charge in [0.25, 0.3) is 5.82 Å². The van der Waals surface area contributed by atoms with Gasteiger partial charge in [-0.1, -0.05) is 23.7 Å². The van der Waals surface area contributed by atoms with Crippen LogP contribution in [0, 0.1) is 6.92 Å². The summed E-state index contributed by atoms with van der Waals surface area (Å²) in [6.07, 6.45) is -0.597. The molecule has 0 radical (unpaired) electrons. The number of fused-ring (bicyclic) bond motifs is 1. The number of hydrogen-bond acceptors (Lipinski definition) is 2. The third-order valence-electron chi connectivity index (χ3n) is 4.06. The Labute approximate surface area is 140 Å². The molecular weight excluding hydrogens is 312 g/mol. The van der Waals surface area contributed by atoms with E-state index in [0.717, 1.165) is 16.9 Å². The van der Waals surface area contributed by atoms with E-state index in [1.165, 1.54) is 0 Å². The monoisotopic (exact) mass is 331 g/mol. The Morgan fingerprint density at radius 1 is 1.17 bits per heavy atom. The Balaban J connectivity index is 1.72. The third-order valence-corrected chi connectivity index (χ3v) is 4.31. The Bertz CT molecular complexity index is 812. The van der Waals surface area contributed by atoms with Gasteiger partial charge in [-0.3, -0.25) is 0 Å². The number of imidazole rings is 1. The first-order valence-corrected chi connectivity index (χ1v) is 7.94. The molecule has 4 nitrogen and oxygen atoms in total. The van der Waals surface area contributed by atoms with Crippen LogP contribution in [-0.2, 0) is 13.6 Å². The van der Waals surface area contributed by atoms with Crippen molar-refractivity contribution < 1.29 is 14.4 Å². The summed E-state index contributed by atoms with van der Waals surface area (Å²) in [5, 5.41) is 11.0. The average molecular weight is 332 g/mol. The number of rotatable bonds is 5. The molecule has 0 aliphatic carbocycles. The number of benzene rings is 2. The van der Waals surface area contributed by atoms with Crippen LogP contribution in [0.2, 0.25) is 5.02 Å². The highest BCUT2D eigenvalue weighted by Gasteiger charge is 2.21. The quantitative estimate of drug-likeness (QED) is 0.730. The number of hydrogen-bond donors (Lipinski definition) is 1. The molecular formula is C18H20ClN2O2+. The van der Waals surface area contributed by atoms with Gasteiger partial charge in [0.05, 0.1) is 7.05 Å². The van der Waals surface area contributed by atoms with Crippen LogP contribution >= 0.6 is 11.6 Å². The SMILES string of the molecule is Cc1n(C[C@@H](O)COc2ccc(Cl)cc2)c2ccccc2[n+]1C. The first-order chi connectivity index (χ1) is 11.1. The number of nitrogens with zero attached hydrogens (tertiary/aromatic N) is 2.